The molecule has 1 aromatic heterocycles. The van der Waals surface area contributed by atoms with Gasteiger partial charge in [-0.05, 0) is 28.1 Å². The Bertz CT molecular complexity index is 513. The summed E-state index contributed by atoms with van der Waals surface area (Å²) < 4.78 is 0.775. The van der Waals surface area contributed by atoms with Gasteiger partial charge in [-0.1, -0.05) is 40.9 Å². The molecule has 2 rings (SSSR count). The van der Waals surface area contributed by atoms with Crippen LogP contribution in [0.5, 0.6) is 0 Å². The monoisotopic (exact) mass is 309 g/mol. The summed E-state index contributed by atoms with van der Waals surface area (Å²) in [6.45, 7) is 0. The molecule has 0 N–H and O–H groups in total. The summed E-state index contributed by atoms with van der Waals surface area (Å²) in [4.78, 5) is 4.12. The van der Waals surface area contributed by atoms with Crippen LogP contribution in [0.15, 0.2) is 22.7 Å². The summed E-state index contributed by atoms with van der Waals surface area (Å²) in [5, 5.41) is 2.20. The zero-order valence-corrected chi connectivity index (χ0v) is 10.5. The van der Waals surface area contributed by atoms with E-state index in [-0.39, 0.29) is 0 Å². The lowest BCUT2D eigenvalue weighted by atomic mass is 10.2. The summed E-state index contributed by atoms with van der Waals surface area (Å²) in [5.41, 5.74) is 0.610. The quantitative estimate of drug-likeness (QED) is 0.627. The number of benzene rings is 1. The fourth-order valence-corrected chi connectivity index (χ4v) is 2.20. The van der Waals surface area contributed by atoms with E-state index in [0.29, 0.717) is 20.7 Å². The summed E-state index contributed by atoms with van der Waals surface area (Å²) in [7, 11) is 0. The van der Waals surface area contributed by atoms with Gasteiger partial charge in [-0.3, -0.25) is 0 Å². The highest BCUT2D eigenvalue weighted by Gasteiger charge is 2.08. The van der Waals surface area contributed by atoms with Gasteiger partial charge in [-0.2, -0.15) is 0 Å². The average Bonchev–Trinajstić information content (AvgIpc) is 2.12. The summed E-state index contributed by atoms with van der Waals surface area (Å²) in [5.74, 6) is 0. The number of hydrogen-bond donors (Lipinski definition) is 0. The van der Waals surface area contributed by atoms with Crippen LogP contribution in [0.1, 0.15) is 0 Å². The second kappa shape index (κ2) is 3.86. The molecule has 0 aliphatic carbocycles. The SMILES string of the molecule is Clc1cc(Cl)c2ccc(Br)c(Cl)c2n1. The third-order valence-electron chi connectivity index (χ3n) is 1.79. The predicted octanol–water partition coefficient (Wildman–Crippen LogP) is 4.96. The molecule has 0 saturated heterocycles. The molecule has 0 saturated carbocycles. The Hall–Kier alpha value is -0.0200. The Balaban J connectivity index is 2.95. The fraction of sp³-hybridized carbons (Fsp3) is 0. The number of rotatable bonds is 0. The molecule has 0 spiro atoms. The van der Waals surface area contributed by atoms with Crippen LogP contribution < -0.4 is 0 Å². The van der Waals surface area contributed by atoms with Gasteiger partial charge < -0.3 is 0 Å². The third kappa shape index (κ3) is 1.72. The average molecular weight is 311 g/mol. The molecule has 1 heterocycles. The first-order valence-corrected chi connectivity index (χ1v) is 5.62. The minimum absolute atomic E-state index is 0.336. The molecule has 0 radical (unpaired) electrons. The van der Waals surface area contributed by atoms with Crippen molar-refractivity contribution in [3.8, 4) is 0 Å². The molecule has 0 bridgehead atoms. The van der Waals surface area contributed by atoms with E-state index in [1.807, 2.05) is 12.1 Å². The van der Waals surface area contributed by atoms with E-state index in [1.165, 1.54) is 0 Å². The van der Waals surface area contributed by atoms with Crippen LogP contribution in [0.25, 0.3) is 10.9 Å². The Kier molecular flexibility index (Phi) is 2.89. The van der Waals surface area contributed by atoms with E-state index in [0.717, 1.165) is 9.86 Å². The van der Waals surface area contributed by atoms with E-state index < -0.39 is 0 Å². The maximum atomic E-state index is 6.04. The molecule has 2 aromatic rings. The first-order chi connectivity index (χ1) is 6.59. The van der Waals surface area contributed by atoms with Crippen molar-refractivity contribution in [3.63, 3.8) is 0 Å². The van der Waals surface area contributed by atoms with E-state index in [1.54, 1.807) is 6.07 Å². The highest BCUT2D eigenvalue weighted by atomic mass is 79.9. The van der Waals surface area contributed by atoms with Gasteiger partial charge in [-0.25, -0.2) is 4.98 Å². The normalized spacial score (nSPS) is 10.9. The molecule has 0 amide bonds. The molecular formula is C9H3BrCl3N. The zero-order valence-electron chi connectivity index (χ0n) is 6.69. The lowest BCUT2D eigenvalue weighted by molar-refractivity contribution is 1.41. The van der Waals surface area contributed by atoms with Gasteiger partial charge in [0.2, 0.25) is 0 Å². The van der Waals surface area contributed by atoms with E-state index >= 15 is 0 Å². The van der Waals surface area contributed by atoms with Crippen molar-refractivity contribution < 1.29 is 0 Å². The lowest BCUT2D eigenvalue weighted by Crippen LogP contribution is -1.83. The van der Waals surface area contributed by atoms with Gasteiger partial charge in [0.15, 0.2) is 0 Å². The molecule has 1 aromatic carbocycles. The molecule has 0 atom stereocenters. The fourth-order valence-electron chi connectivity index (χ4n) is 1.16. The molecular weight excluding hydrogens is 308 g/mol. The first kappa shape index (κ1) is 10.5. The van der Waals surface area contributed by atoms with E-state index in [4.69, 9.17) is 34.8 Å². The summed E-state index contributed by atoms with van der Waals surface area (Å²) in [6, 6.07) is 5.26. The zero-order chi connectivity index (χ0) is 10.3. The second-order valence-corrected chi connectivity index (χ2v) is 4.71. The maximum Gasteiger partial charge on any atom is 0.131 e. The van der Waals surface area contributed by atoms with Gasteiger partial charge in [0.1, 0.15) is 5.15 Å². The Morgan fingerprint density at radius 1 is 1.14 bits per heavy atom. The molecule has 14 heavy (non-hydrogen) atoms. The topological polar surface area (TPSA) is 12.9 Å². The van der Waals surface area contributed by atoms with E-state index in [2.05, 4.69) is 20.9 Å². The van der Waals surface area contributed by atoms with Crippen LogP contribution in [-0.2, 0) is 0 Å². The highest BCUT2D eigenvalue weighted by Crippen LogP contribution is 2.34. The number of halogens is 4. The molecule has 0 fully saturated rings. The van der Waals surface area contributed by atoms with Crippen LogP contribution in [0.3, 0.4) is 0 Å². The minimum Gasteiger partial charge on any atom is -0.234 e. The van der Waals surface area contributed by atoms with Gasteiger partial charge in [0, 0.05) is 9.86 Å². The molecule has 1 nitrogen and oxygen atoms in total. The van der Waals surface area contributed by atoms with Crippen LogP contribution in [0.4, 0.5) is 0 Å². The Morgan fingerprint density at radius 2 is 1.86 bits per heavy atom. The van der Waals surface area contributed by atoms with Crippen LogP contribution in [0.2, 0.25) is 15.2 Å². The number of fused-ring (bicyclic) bond motifs is 1. The van der Waals surface area contributed by atoms with Crippen molar-refractivity contribution in [1.29, 1.82) is 0 Å². The third-order valence-corrected chi connectivity index (χ3v) is 3.57. The molecule has 5 heteroatoms. The maximum absolute atomic E-state index is 6.04. The summed E-state index contributed by atoms with van der Waals surface area (Å²) >= 11 is 21.1. The standard InChI is InChI=1S/C9H3BrCl3N/c10-5-2-1-4-6(11)3-7(12)14-9(4)8(5)13/h1-3H. The van der Waals surface area contributed by atoms with Crippen molar-refractivity contribution in [1.82, 2.24) is 4.98 Å². The molecule has 0 unspecified atom stereocenters. The van der Waals surface area contributed by atoms with E-state index in [9.17, 15) is 0 Å². The van der Waals surface area contributed by atoms with Gasteiger partial charge >= 0.3 is 0 Å². The first-order valence-electron chi connectivity index (χ1n) is 3.69. The van der Waals surface area contributed by atoms with Crippen LogP contribution >= 0.6 is 50.7 Å². The number of hydrogen-bond acceptors (Lipinski definition) is 1. The smallest absolute Gasteiger partial charge is 0.131 e. The van der Waals surface area contributed by atoms with Crippen molar-refractivity contribution in [2.75, 3.05) is 0 Å². The van der Waals surface area contributed by atoms with Gasteiger partial charge in [-0.15, -0.1) is 0 Å². The molecule has 0 aliphatic rings. The van der Waals surface area contributed by atoms with Crippen molar-refractivity contribution in [2.45, 2.75) is 0 Å². The Morgan fingerprint density at radius 3 is 2.57 bits per heavy atom. The van der Waals surface area contributed by atoms with Crippen LogP contribution in [0, 0.1) is 0 Å². The second-order valence-electron chi connectivity index (χ2n) is 2.68. The lowest BCUT2D eigenvalue weighted by Gasteiger charge is -2.04. The largest absolute Gasteiger partial charge is 0.234 e. The van der Waals surface area contributed by atoms with Crippen molar-refractivity contribution in [3.05, 3.63) is 37.9 Å². The number of aromatic nitrogens is 1. The van der Waals surface area contributed by atoms with Gasteiger partial charge in [0.25, 0.3) is 0 Å². The Labute approximate surface area is 104 Å². The highest BCUT2D eigenvalue weighted by molar-refractivity contribution is 9.10. The minimum atomic E-state index is 0.336. The number of pyridine rings is 1. The van der Waals surface area contributed by atoms with Crippen LogP contribution in [-0.4, -0.2) is 4.98 Å². The summed E-state index contributed by atoms with van der Waals surface area (Å²) in [6.07, 6.45) is 0. The van der Waals surface area contributed by atoms with Gasteiger partial charge in [0.05, 0.1) is 15.6 Å². The van der Waals surface area contributed by atoms with Crippen molar-refractivity contribution >= 4 is 61.6 Å². The number of nitrogens with zero attached hydrogens (tertiary/aromatic N) is 1. The molecule has 72 valence electrons. The molecule has 0 aliphatic heterocycles. The predicted molar refractivity (Wildman–Crippen MR) is 64.5 cm³/mol. The van der Waals surface area contributed by atoms with Crippen molar-refractivity contribution in [2.24, 2.45) is 0 Å².